The predicted molar refractivity (Wildman–Crippen MR) is 133 cm³/mol. The first kappa shape index (κ1) is 24.6. The quantitative estimate of drug-likeness (QED) is 0.419. The summed E-state index contributed by atoms with van der Waals surface area (Å²) in [6.45, 7) is 3.93. The van der Waals surface area contributed by atoms with Gasteiger partial charge in [-0.3, -0.25) is 9.10 Å². The fourth-order valence-corrected chi connectivity index (χ4v) is 5.23. The van der Waals surface area contributed by atoms with Crippen molar-refractivity contribution < 1.29 is 22.7 Å². The summed E-state index contributed by atoms with van der Waals surface area (Å²) >= 11 is 3.33. The summed E-state index contributed by atoms with van der Waals surface area (Å²) in [5.41, 5.74) is 1.90. The molecule has 0 saturated carbocycles. The zero-order valence-corrected chi connectivity index (χ0v) is 20.9. The van der Waals surface area contributed by atoms with Gasteiger partial charge in [-0.15, -0.1) is 0 Å². The summed E-state index contributed by atoms with van der Waals surface area (Å²) in [7, 11) is -2.55. The number of amides is 1. The number of nitrogens with zero attached hydrogens (tertiary/aromatic N) is 1. The number of carbonyl (C=O) groups is 1. The highest BCUT2D eigenvalue weighted by Crippen LogP contribution is 2.31. The van der Waals surface area contributed by atoms with Crippen LogP contribution in [0.3, 0.4) is 0 Å². The molecule has 0 unspecified atom stereocenters. The second-order valence-corrected chi connectivity index (χ2v) is 9.87. The highest BCUT2D eigenvalue weighted by molar-refractivity contribution is 9.10. The highest BCUT2D eigenvalue weighted by atomic mass is 79.9. The summed E-state index contributed by atoms with van der Waals surface area (Å²) in [4.78, 5) is 12.9. The summed E-state index contributed by atoms with van der Waals surface area (Å²) in [6, 6.07) is 18.3. The van der Waals surface area contributed by atoms with Crippen LogP contribution in [-0.2, 0) is 14.8 Å². The van der Waals surface area contributed by atoms with Crippen LogP contribution in [-0.4, -0.2) is 34.6 Å². The van der Waals surface area contributed by atoms with E-state index in [9.17, 15) is 13.2 Å². The van der Waals surface area contributed by atoms with Crippen molar-refractivity contribution >= 4 is 43.2 Å². The van der Waals surface area contributed by atoms with Crippen LogP contribution < -0.4 is 19.1 Å². The minimum atomic E-state index is -4.05. The Kier molecular flexibility index (Phi) is 7.99. The van der Waals surface area contributed by atoms with Gasteiger partial charge in [0.15, 0.2) is 0 Å². The van der Waals surface area contributed by atoms with E-state index in [1.54, 1.807) is 54.6 Å². The smallest absolute Gasteiger partial charge is 0.264 e. The molecule has 0 aliphatic heterocycles. The average Bonchev–Trinajstić information content (AvgIpc) is 2.79. The van der Waals surface area contributed by atoms with Gasteiger partial charge >= 0.3 is 0 Å². The van der Waals surface area contributed by atoms with Gasteiger partial charge in [-0.1, -0.05) is 17.7 Å². The van der Waals surface area contributed by atoms with Crippen LogP contribution in [0.1, 0.15) is 12.5 Å². The standard InChI is InChI=1S/C24H25BrN2O5S/c1-4-32-20-11-7-18(8-12-20)26-24(28)16-27(19-9-5-17(2)6-10-19)33(29,30)21-13-14-23(31-3)22(25)15-21/h5-15H,4,16H2,1-3H3,(H,26,28). The van der Waals surface area contributed by atoms with Crippen LogP contribution in [0.5, 0.6) is 11.5 Å². The predicted octanol–water partition coefficient (Wildman–Crippen LogP) is 5.00. The maximum Gasteiger partial charge on any atom is 0.264 e. The van der Waals surface area contributed by atoms with Crippen molar-refractivity contribution in [1.29, 1.82) is 0 Å². The van der Waals surface area contributed by atoms with E-state index >= 15 is 0 Å². The van der Waals surface area contributed by atoms with Crippen molar-refractivity contribution in [2.24, 2.45) is 0 Å². The Bertz CT molecular complexity index is 1210. The molecule has 33 heavy (non-hydrogen) atoms. The summed E-state index contributed by atoms with van der Waals surface area (Å²) in [5.74, 6) is 0.712. The SMILES string of the molecule is CCOc1ccc(NC(=O)CN(c2ccc(C)cc2)S(=O)(=O)c2ccc(OC)c(Br)c2)cc1. The number of hydrogen-bond acceptors (Lipinski definition) is 5. The van der Waals surface area contributed by atoms with Gasteiger partial charge in [0.05, 0.1) is 28.8 Å². The second kappa shape index (κ2) is 10.7. The number of methoxy groups -OCH3 is 1. The number of hydrogen-bond donors (Lipinski definition) is 1. The fraction of sp³-hybridized carbons (Fsp3) is 0.208. The number of benzene rings is 3. The molecule has 174 valence electrons. The molecule has 1 amide bonds. The van der Waals surface area contributed by atoms with Crippen molar-refractivity contribution in [1.82, 2.24) is 0 Å². The second-order valence-electron chi connectivity index (χ2n) is 7.15. The zero-order valence-electron chi connectivity index (χ0n) is 18.5. The highest BCUT2D eigenvalue weighted by Gasteiger charge is 2.28. The largest absolute Gasteiger partial charge is 0.496 e. The van der Waals surface area contributed by atoms with E-state index in [1.165, 1.54) is 19.2 Å². The van der Waals surface area contributed by atoms with E-state index in [0.29, 0.717) is 34.0 Å². The number of halogens is 1. The fourth-order valence-electron chi connectivity index (χ4n) is 3.09. The minimum Gasteiger partial charge on any atom is -0.496 e. The molecule has 0 saturated heterocycles. The van der Waals surface area contributed by atoms with E-state index < -0.39 is 22.5 Å². The van der Waals surface area contributed by atoms with Crippen molar-refractivity contribution in [3.63, 3.8) is 0 Å². The number of sulfonamides is 1. The van der Waals surface area contributed by atoms with Crippen LogP contribution in [0, 0.1) is 6.92 Å². The van der Waals surface area contributed by atoms with Crippen LogP contribution in [0.25, 0.3) is 0 Å². The van der Waals surface area contributed by atoms with Crippen molar-refractivity contribution in [2.75, 3.05) is 29.9 Å². The lowest BCUT2D eigenvalue weighted by molar-refractivity contribution is -0.114. The van der Waals surface area contributed by atoms with Crippen LogP contribution in [0.15, 0.2) is 76.1 Å². The van der Waals surface area contributed by atoms with Gasteiger partial charge in [-0.05, 0) is 84.4 Å². The molecule has 0 fully saturated rings. The molecule has 0 aromatic heterocycles. The van der Waals surface area contributed by atoms with Gasteiger partial charge in [0, 0.05) is 5.69 Å². The summed E-state index contributed by atoms with van der Waals surface area (Å²) < 4.78 is 39.3. The molecule has 3 aromatic carbocycles. The molecule has 9 heteroatoms. The molecule has 0 radical (unpaired) electrons. The Morgan fingerprint density at radius 1 is 1.03 bits per heavy atom. The zero-order chi connectivity index (χ0) is 24.0. The van der Waals surface area contributed by atoms with Gasteiger partial charge < -0.3 is 14.8 Å². The lowest BCUT2D eigenvalue weighted by atomic mass is 10.2. The van der Waals surface area contributed by atoms with Crippen molar-refractivity contribution in [3.8, 4) is 11.5 Å². The molecule has 0 aliphatic carbocycles. The van der Waals surface area contributed by atoms with Gasteiger partial charge in [0.2, 0.25) is 5.91 Å². The number of nitrogens with one attached hydrogen (secondary N) is 1. The summed E-state index contributed by atoms with van der Waals surface area (Å²) in [6.07, 6.45) is 0. The van der Waals surface area contributed by atoms with Crippen LogP contribution in [0.2, 0.25) is 0 Å². The summed E-state index contributed by atoms with van der Waals surface area (Å²) in [5, 5.41) is 2.75. The van der Waals surface area contributed by atoms with Crippen molar-refractivity contribution in [2.45, 2.75) is 18.7 Å². The molecular formula is C24H25BrN2O5S. The third-order valence-corrected chi connectivity index (χ3v) is 7.16. The Labute approximate surface area is 202 Å². The Hall–Kier alpha value is -3.04. The van der Waals surface area contributed by atoms with Crippen molar-refractivity contribution in [3.05, 3.63) is 76.8 Å². The Morgan fingerprint density at radius 3 is 2.27 bits per heavy atom. The van der Waals surface area contributed by atoms with E-state index in [0.717, 1.165) is 9.87 Å². The monoisotopic (exact) mass is 532 g/mol. The molecule has 0 heterocycles. The van der Waals surface area contributed by atoms with Gasteiger partial charge in [-0.25, -0.2) is 8.42 Å². The van der Waals surface area contributed by atoms with Gasteiger partial charge in [0.1, 0.15) is 18.0 Å². The molecule has 3 aromatic rings. The molecule has 3 rings (SSSR count). The minimum absolute atomic E-state index is 0.0321. The molecule has 0 atom stereocenters. The van der Waals surface area contributed by atoms with Crippen LogP contribution in [0.4, 0.5) is 11.4 Å². The number of rotatable bonds is 9. The third-order valence-electron chi connectivity index (χ3n) is 4.77. The number of ether oxygens (including phenoxy) is 2. The molecular weight excluding hydrogens is 508 g/mol. The molecule has 1 N–H and O–H groups in total. The van der Waals surface area contributed by atoms with E-state index in [1.807, 2.05) is 13.8 Å². The maximum atomic E-state index is 13.5. The van der Waals surface area contributed by atoms with Gasteiger partial charge in [-0.2, -0.15) is 0 Å². The first-order valence-corrected chi connectivity index (χ1v) is 12.4. The maximum absolute atomic E-state index is 13.5. The van der Waals surface area contributed by atoms with Gasteiger partial charge in [0.25, 0.3) is 10.0 Å². The number of carbonyl (C=O) groups excluding carboxylic acids is 1. The topological polar surface area (TPSA) is 84.9 Å². The van der Waals surface area contributed by atoms with E-state index in [-0.39, 0.29) is 4.90 Å². The number of aryl methyl sites for hydroxylation is 1. The van der Waals surface area contributed by atoms with E-state index in [4.69, 9.17) is 9.47 Å². The lowest BCUT2D eigenvalue weighted by Crippen LogP contribution is -2.38. The molecule has 0 bridgehead atoms. The molecule has 7 nitrogen and oxygen atoms in total. The normalized spacial score (nSPS) is 11.0. The average molecular weight is 533 g/mol. The Morgan fingerprint density at radius 2 is 1.70 bits per heavy atom. The first-order valence-electron chi connectivity index (χ1n) is 10.2. The first-order chi connectivity index (χ1) is 15.7. The van der Waals surface area contributed by atoms with E-state index in [2.05, 4.69) is 21.2 Å². The Balaban J connectivity index is 1.90. The molecule has 0 spiro atoms. The third kappa shape index (κ3) is 6.06. The molecule has 0 aliphatic rings. The number of anilines is 2. The van der Waals surface area contributed by atoms with Crippen LogP contribution >= 0.6 is 15.9 Å². The lowest BCUT2D eigenvalue weighted by Gasteiger charge is -2.24.